The van der Waals surface area contributed by atoms with Gasteiger partial charge in [-0.2, -0.15) is 8.78 Å². The van der Waals surface area contributed by atoms with Crippen molar-refractivity contribution in [3.8, 4) is 11.5 Å². The molecule has 0 aliphatic carbocycles. The molecule has 0 radical (unpaired) electrons. The summed E-state index contributed by atoms with van der Waals surface area (Å²) in [5.74, 6) is -0.0329. The van der Waals surface area contributed by atoms with Gasteiger partial charge < -0.3 is 19.2 Å². The van der Waals surface area contributed by atoms with E-state index in [4.69, 9.17) is 9.15 Å². The number of halogens is 2. The van der Waals surface area contributed by atoms with E-state index in [1.165, 1.54) is 19.2 Å². The molecule has 3 rings (SSSR count). The molecule has 5 nitrogen and oxygen atoms in total. The van der Waals surface area contributed by atoms with Crippen molar-refractivity contribution in [2.24, 2.45) is 0 Å². The van der Waals surface area contributed by atoms with Crippen molar-refractivity contribution in [3.05, 3.63) is 58.3 Å². The first kappa shape index (κ1) is 19.7. The standard InChI is InChI=1S/C21H21F2NO4/c1-11-5-6-12(2)18-17(11)13(3)19(28-18)20(25)24-10-14-7-8-15(26-4)16(9-14)27-21(22)23/h5-9,21H,10H2,1-4H3,(H,24,25). The second-order valence-electron chi connectivity index (χ2n) is 6.51. The van der Waals surface area contributed by atoms with Crippen LogP contribution in [0.25, 0.3) is 11.0 Å². The fourth-order valence-corrected chi connectivity index (χ4v) is 3.17. The summed E-state index contributed by atoms with van der Waals surface area (Å²) in [6.45, 7) is 2.89. The quantitative estimate of drug-likeness (QED) is 0.652. The maximum absolute atomic E-state index is 12.6. The lowest BCUT2D eigenvalue weighted by atomic mass is 10.0. The lowest BCUT2D eigenvalue weighted by Gasteiger charge is -2.12. The Morgan fingerprint density at radius 1 is 1.11 bits per heavy atom. The largest absolute Gasteiger partial charge is 0.493 e. The summed E-state index contributed by atoms with van der Waals surface area (Å²) in [6, 6.07) is 8.52. The van der Waals surface area contributed by atoms with Crippen LogP contribution in [0, 0.1) is 20.8 Å². The lowest BCUT2D eigenvalue weighted by molar-refractivity contribution is -0.0512. The highest BCUT2D eigenvalue weighted by Crippen LogP contribution is 2.31. The van der Waals surface area contributed by atoms with Gasteiger partial charge >= 0.3 is 6.61 Å². The third-order valence-corrected chi connectivity index (χ3v) is 4.59. The average molecular weight is 389 g/mol. The molecule has 3 aromatic rings. The lowest BCUT2D eigenvalue weighted by Crippen LogP contribution is -2.23. The molecule has 2 aromatic carbocycles. The number of alkyl halides is 2. The molecule has 0 fully saturated rings. The minimum Gasteiger partial charge on any atom is -0.493 e. The number of rotatable bonds is 6. The van der Waals surface area contributed by atoms with Gasteiger partial charge in [-0.05, 0) is 49.6 Å². The molecule has 148 valence electrons. The Morgan fingerprint density at radius 3 is 2.46 bits per heavy atom. The van der Waals surface area contributed by atoms with Crippen molar-refractivity contribution in [2.75, 3.05) is 7.11 Å². The van der Waals surface area contributed by atoms with Crippen LogP contribution in [0.15, 0.2) is 34.7 Å². The number of nitrogens with one attached hydrogen (secondary N) is 1. The molecule has 0 spiro atoms. The number of furan rings is 1. The fraction of sp³-hybridized carbons (Fsp3) is 0.286. The Hall–Kier alpha value is -3.09. The summed E-state index contributed by atoms with van der Waals surface area (Å²) in [5, 5.41) is 3.69. The van der Waals surface area contributed by atoms with Gasteiger partial charge in [0.05, 0.1) is 7.11 Å². The molecule has 1 heterocycles. The first-order valence-corrected chi connectivity index (χ1v) is 8.71. The van der Waals surface area contributed by atoms with Crippen molar-refractivity contribution >= 4 is 16.9 Å². The highest BCUT2D eigenvalue weighted by atomic mass is 19.3. The van der Waals surface area contributed by atoms with Gasteiger partial charge in [-0.25, -0.2) is 0 Å². The van der Waals surface area contributed by atoms with Gasteiger partial charge in [0.1, 0.15) is 5.58 Å². The van der Waals surface area contributed by atoms with Crippen molar-refractivity contribution in [2.45, 2.75) is 33.9 Å². The van der Waals surface area contributed by atoms with Gasteiger partial charge in [-0.1, -0.05) is 18.2 Å². The van der Waals surface area contributed by atoms with Gasteiger partial charge in [0.15, 0.2) is 17.3 Å². The van der Waals surface area contributed by atoms with Gasteiger partial charge in [-0.15, -0.1) is 0 Å². The highest BCUT2D eigenvalue weighted by molar-refractivity contribution is 6.00. The molecule has 1 amide bonds. The number of aryl methyl sites for hydroxylation is 3. The van der Waals surface area contributed by atoms with E-state index < -0.39 is 6.61 Å². The van der Waals surface area contributed by atoms with E-state index in [1.54, 1.807) is 6.07 Å². The topological polar surface area (TPSA) is 60.7 Å². The molecule has 0 saturated heterocycles. The predicted octanol–water partition coefficient (Wildman–Crippen LogP) is 4.90. The number of benzene rings is 2. The molecular formula is C21H21F2NO4. The second kappa shape index (κ2) is 7.88. The first-order chi connectivity index (χ1) is 13.3. The maximum Gasteiger partial charge on any atom is 0.387 e. The number of carbonyl (C=O) groups excluding carboxylic acids is 1. The Bertz CT molecular complexity index is 1030. The van der Waals surface area contributed by atoms with Crippen molar-refractivity contribution in [3.63, 3.8) is 0 Å². The molecule has 28 heavy (non-hydrogen) atoms. The zero-order valence-corrected chi connectivity index (χ0v) is 16.1. The summed E-state index contributed by atoms with van der Waals surface area (Å²) in [4.78, 5) is 12.6. The zero-order chi connectivity index (χ0) is 20.4. The van der Waals surface area contributed by atoms with Gasteiger partial charge in [-0.3, -0.25) is 4.79 Å². The van der Waals surface area contributed by atoms with Crippen LogP contribution in [0.4, 0.5) is 8.78 Å². The van der Waals surface area contributed by atoms with E-state index in [1.807, 2.05) is 32.9 Å². The van der Waals surface area contributed by atoms with E-state index in [0.29, 0.717) is 11.1 Å². The van der Waals surface area contributed by atoms with E-state index in [-0.39, 0.29) is 29.7 Å². The van der Waals surface area contributed by atoms with Crippen LogP contribution in [-0.4, -0.2) is 19.6 Å². The van der Waals surface area contributed by atoms with Crippen LogP contribution in [-0.2, 0) is 6.54 Å². The summed E-state index contributed by atoms with van der Waals surface area (Å²) in [6.07, 6.45) is 0. The van der Waals surface area contributed by atoms with E-state index in [9.17, 15) is 13.6 Å². The molecule has 0 atom stereocenters. The minimum absolute atomic E-state index is 0.0876. The SMILES string of the molecule is COc1ccc(CNC(=O)c2oc3c(C)ccc(C)c3c2C)cc1OC(F)F. The van der Waals surface area contributed by atoms with Crippen molar-refractivity contribution in [1.29, 1.82) is 0 Å². The van der Waals surface area contributed by atoms with Crippen molar-refractivity contribution < 1.29 is 27.5 Å². The van der Waals surface area contributed by atoms with E-state index in [0.717, 1.165) is 22.1 Å². The van der Waals surface area contributed by atoms with E-state index in [2.05, 4.69) is 10.1 Å². The number of amides is 1. The summed E-state index contributed by atoms with van der Waals surface area (Å²) < 4.78 is 40.4. The minimum atomic E-state index is -2.97. The first-order valence-electron chi connectivity index (χ1n) is 8.71. The molecule has 0 saturated carbocycles. The van der Waals surface area contributed by atoms with Crippen molar-refractivity contribution in [1.82, 2.24) is 5.32 Å². The van der Waals surface area contributed by atoms with Crippen LogP contribution < -0.4 is 14.8 Å². The van der Waals surface area contributed by atoms with Crippen LogP contribution in [0.1, 0.15) is 32.8 Å². The number of carbonyl (C=O) groups is 1. The normalized spacial score (nSPS) is 11.1. The molecule has 1 N–H and O–H groups in total. The van der Waals surface area contributed by atoms with Crippen LogP contribution in [0.3, 0.4) is 0 Å². The Labute approximate surface area is 161 Å². The summed E-state index contributed by atoms with van der Waals surface area (Å²) in [5.41, 5.74) is 4.03. The van der Waals surface area contributed by atoms with E-state index >= 15 is 0 Å². The Kier molecular flexibility index (Phi) is 5.53. The molecule has 0 unspecified atom stereocenters. The van der Waals surface area contributed by atoms with Gasteiger partial charge in [0.2, 0.25) is 0 Å². The predicted molar refractivity (Wildman–Crippen MR) is 101 cm³/mol. The van der Waals surface area contributed by atoms with Crippen LogP contribution >= 0.6 is 0 Å². The van der Waals surface area contributed by atoms with Crippen LogP contribution in [0.2, 0.25) is 0 Å². The van der Waals surface area contributed by atoms with Gasteiger partial charge in [0, 0.05) is 17.5 Å². The third-order valence-electron chi connectivity index (χ3n) is 4.59. The molecular weight excluding hydrogens is 368 g/mol. The second-order valence-corrected chi connectivity index (χ2v) is 6.51. The smallest absolute Gasteiger partial charge is 0.387 e. The van der Waals surface area contributed by atoms with Crippen LogP contribution in [0.5, 0.6) is 11.5 Å². The number of hydrogen-bond donors (Lipinski definition) is 1. The highest BCUT2D eigenvalue weighted by Gasteiger charge is 2.20. The monoisotopic (exact) mass is 389 g/mol. The number of methoxy groups -OCH3 is 1. The zero-order valence-electron chi connectivity index (χ0n) is 16.1. The molecule has 0 bridgehead atoms. The third kappa shape index (κ3) is 3.78. The molecule has 0 aliphatic rings. The number of fused-ring (bicyclic) bond motifs is 1. The molecule has 0 aliphatic heterocycles. The fourth-order valence-electron chi connectivity index (χ4n) is 3.17. The average Bonchev–Trinajstić information content (AvgIpc) is 3.01. The molecule has 1 aromatic heterocycles. The number of hydrogen-bond acceptors (Lipinski definition) is 4. The Balaban J connectivity index is 1.81. The summed E-state index contributed by atoms with van der Waals surface area (Å²) >= 11 is 0. The maximum atomic E-state index is 12.6. The summed E-state index contributed by atoms with van der Waals surface area (Å²) in [7, 11) is 1.36. The number of ether oxygens (including phenoxy) is 2. The Morgan fingerprint density at radius 2 is 1.82 bits per heavy atom. The van der Waals surface area contributed by atoms with Gasteiger partial charge in [0.25, 0.3) is 5.91 Å². The molecule has 7 heteroatoms.